The maximum atomic E-state index is 11.8. The van der Waals surface area contributed by atoms with E-state index >= 15 is 0 Å². The molecular weight excluding hydrogens is 234 g/mol. The standard InChI is InChI=1S/C12H21N3O3/c1-2-9(11(16)17)13-12(18)14-10-7-15-5-3-8(10)4-6-15/h8-10H,2-7H2,1H3,(H,16,17)(H2,13,14,18)/t9-,10?/m1/s1. The molecule has 2 amide bonds. The Bertz CT molecular complexity index is 327. The molecule has 0 aromatic carbocycles. The molecule has 0 radical (unpaired) electrons. The van der Waals surface area contributed by atoms with Crippen molar-refractivity contribution in [2.75, 3.05) is 19.6 Å². The van der Waals surface area contributed by atoms with Gasteiger partial charge in [0.1, 0.15) is 6.04 Å². The van der Waals surface area contributed by atoms with Gasteiger partial charge in [-0.25, -0.2) is 9.59 Å². The summed E-state index contributed by atoms with van der Waals surface area (Å²) in [5.74, 6) is -0.438. The molecule has 0 aromatic rings. The molecule has 102 valence electrons. The van der Waals surface area contributed by atoms with Gasteiger partial charge < -0.3 is 20.6 Å². The van der Waals surface area contributed by atoms with Crippen LogP contribution in [0.3, 0.4) is 0 Å². The van der Waals surface area contributed by atoms with E-state index in [0.29, 0.717) is 12.3 Å². The van der Waals surface area contributed by atoms with Gasteiger partial charge in [-0.1, -0.05) is 6.92 Å². The highest BCUT2D eigenvalue weighted by Crippen LogP contribution is 2.27. The van der Waals surface area contributed by atoms with Crippen molar-refractivity contribution < 1.29 is 14.7 Å². The quantitative estimate of drug-likeness (QED) is 0.672. The van der Waals surface area contributed by atoms with Crippen LogP contribution in [0.25, 0.3) is 0 Å². The van der Waals surface area contributed by atoms with Gasteiger partial charge in [-0.05, 0) is 38.3 Å². The molecule has 18 heavy (non-hydrogen) atoms. The minimum Gasteiger partial charge on any atom is -0.480 e. The number of aliphatic carboxylic acids is 1. The fourth-order valence-corrected chi connectivity index (χ4v) is 2.84. The molecule has 0 saturated carbocycles. The summed E-state index contributed by atoms with van der Waals surface area (Å²) in [4.78, 5) is 24.9. The maximum absolute atomic E-state index is 11.8. The molecule has 0 aromatic heterocycles. The Morgan fingerprint density at radius 3 is 2.50 bits per heavy atom. The predicted molar refractivity (Wildman–Crippen MR) is 66.3 cm³/mol. The first-order valence-corrected chi connectivity index (χ1v) is 6.62. The number of amides is 2. The topological polar surface area (TPSA) is 81.7 Å². The normalized spacial score (nSPS) is 31.7. The highest BCUT2D eigenvalue weighted by Gasteiger charge is 2.35. The number of nitrogens with zero attached hydrogens (tertiary/aromatic N) is 1. The van der Waals surface area contributed by atoms with E-state index in [1.54, 1.807) is 6.92 Å². The average Bonchev–Trinajstić information content (AvgIpc) is 2.37. The van der Waals surface area contributed by atoms with Crippen molar-refractivity contribution in [3.05, 3.63) is 0 Å². The average molecular weight is 255 g/mol. The molecule has 6 nitrogen and oxygen atoms in total. The summed E-state index contributed by atoms with van der Waals surface area (Å²) >= 11 is 0. The van der Waals surface area contributed by atoms with Crippen LogP contribution in [0.4, 0.5) is 4.79 Å². The van der Waals surface area contributed by atoms with Crippen molar-refractivity contribution in [2.24, 2.45) is 5.92 Å². The lowest BCUT2D eigenvalue weighted by atomic mass is 9.84. The first kappa shape index (κ1) is 13.1. The van der Waals surface area contributed by atoms with Gasteiger partial charge in [0.05, 0.1) is 0 Å². The fourth-order valence-electron chi connectivity index (χ4n) is 2.84. The van der Waals surface area contributed by atoms with Crippen molar-refractivity contribution in [1.82, 2.24) is 15.5 Å². The Hall–Kier alpha value is -1.30. The molecule has 3 N–H and O–H groups in total. The van der Waals surface area contributed by atoms with Gasteiger partial charge in [-0.15, -0.1) is 0 Å². The van der Waals surface area contributed by atoms with Gasteiger partial charge in [0.25, 0.3) is 0 Å². The molecule has 2 bridgehead atoms. The summed E-state index contributed by atoms with van der Waals surface area (Å²) in [6.45, 7) is 4.88. The van der Waals surface area contributed by atoms with E-state index in [9.17, 15) is 9.59 Å². The number of carbonyl (C=O) groups is 2. The summed E-state index contributed by atoms with van der Waals surface area (Å²) in [5.41, 5.74) is 0. The van der Waals surface area contributed by atoms with Crippen molar-refractivity contribution in [3.63, 3.8) is 0 Å². The van der Waals surface area contributed by atoms with Crippen LogP contribution in [-0.2, 0) is 4.79 Å². The zero-order chi connectivity index (χ0) is 13.1. The first-order valence-electron chi connectivity index (χ1n) is 6.62. The van der Waals surface area contributed by atoms with Crippen molar-refractivity contribution >= 4 is 12.0 Å². The van der Waals surface area contributed by atoms with Gasteiger partial charge >= 0.3 is 12.0 Å². The van der Waals surface area contributed by atoms with Crippen molar-refractivity contribution in [1.29, 1.82) is 0 Å². The number of fused-ring (bicyclic) bond motifs is 3. The SMILES string of the molecule is CC[C@@H](NC(=O)NC1CN2CCC1CC2)C(=O)O. The number of carboxylic acids is 1. The van der Waals surface area contributed by atoms with E-state index in [-0.39, 0.29) is 12.1 Å². The minimum atomic E-state index is -0.985. The molecule has 3 rings (SSSR count). The number of urea groups is 1. The number of rotatable bonds is 4. The smallest absolute Gasteiger partial charge is 0.326 e. The van der Waals surface area contributed by atoms with Crippen LogP contribution < -0.4 is 10.6 Å². The Balaban J connectivity index is 1.82. The third-order valence-corrected chi connectivity index (χ3v) is 3.98. The molecule has 2 atom stereocenters. The van der Waals surface area contributed by atoms with E-state index < -0.39 is 12.0 Å². The van der Waals surface area contributed by atoms with E-state index in [1.807, 2.05) is 0 Å². The second kappa shape index (κ2) is 5.56. The van der Waals surface area contributed by atoms with Gasteiger partial charge in [0.2, 0.25) is 0 Å². The first-order chi connectivity index (χ1) is 8.60. The zero-order valence-electron chi connectivity index (χ0n) is 10.7. The van der Waals surface area contributed by atoms with Crippen LogP contribution in [0.5, 0.6) is 0 Å². The van der Waals surface area contributed by atoms with Crippen LogP contribution >= 0.6 is 0 Å². The Labute approximate surface area is 107 Å². The predicted octanol–water partition coefficient (Wildman–Crippen LogP) is 0.243. The Morgan fingerprint density at radius 2 is 2.06 bits per heavy atom. The summed E-state index contributed by atoms with van der Waals surface area (Å²) < 4.78 is 0. The summed E-state index contributed by atoms with van der Waals surface area (Å²) in [6.07, 6.45) is 2.64. The number of nitrogens with one attached hydrogen (secondary N) is 2. The summed E-state index contributed by atoms with van der Waals surface area (Å²) in [7, 11) is 0. The zero-order valence-corrected chi connectivity index (χ0v) is 10.7. The molecule has 3 aliphatic heterocycles. The lowest BCUT2D eigenvalue weighted by molar-refractivity contribution is -0.139. The van der Waals surface area contributed by atoms with Crippen molar-refractivity contribution in [3.8, 4) is 0 Å². The van der Waals surface area contributed by atoms with E-state index in [2.05, 4.69) is 15.5 Å². The third-order valence-electron chi connectivity index (χ3n) is 3.98. The monoisotopic (exact) mass is 255 g/mol. The third kappa shape index (κ3) is 2.93. The van der Waals surface area contributed by atoms with Crippen LogP contribution in [-0.4, -0.2) is 53.7 Å². The molecule has 6 heteroatoms. The van der Waals surface area contributed by atoms with Crippen LogP contribution in [0.1, 0.15) is 26.2 Å². The molecule has 3 saturated heterocycles. The highest BCUT2D eigenvalue weighted by atomic mass is 16.4. The van der Waals surface area contributed by atoms with Crippen molar-refractivity contribution in [2.45, 2.75) is 38.3 Å². The lowest BCUT2D eigenvalue weighted by Gasteiger charge is -2.44. The highest BCUT2D eigenvalue weighted by molar-refractivity contribution is 5.82. The second-order valence-electron chi connectivity index (χ2n) is 5.16. The summed E-state index contributed by atoms with van der Waals surface area (Å²) in [6, 6.07) is -0.993. The maximum Gasteiger partial charge on any atom is 0.326 e. The Kier molecular flexibility index (Phi) is 4.06. The van der Waals surface area contributed by atoms with E-state index in [4.69, 9.17) is 5.11 Å². The van der Waals surface area contributed by atoms with Gasteiger partial charge in [-0.3, -0.25) is 0 Å². The van der Waals surface area contributed by atoms with Crippen LogP contribution in [0.15, 0.2) is 0 Å². The number of hydrogen-bond donors (Lipinski definition) is 3. The number of piperidine rings is 3. The molecule has 3 fully saturated rings. The molecule has 3 heterocycles. The number of carbonyl (C=O) groups excluding carboxylic acids is 1. The fraction of sp³-hybridized carbons (Fsp3) is 0.833. The van der Waals surface area contributed by atoms with Crippen LogP contribution in [0.2, 0.25) is 0 Å². The largest absolute Gasteiger partial charge is 0.480 e. The van der Waals surface area contributed by atoms with Crippen LogP contribution in [0, 0.1) is 5.92 Å². The Morgan fingerprint density at radius 1 is 1.39 bits per heavy atom. The summed E-state index contributed by atoms with van der Waals surface area (Å²) in [5, 5.41) is 14.3. The number of hydrogen-bond acceptors (Lipinski definition) is 3. The van der Waals surface area contributed by atoms with Gasteiger partial charge in [-0.2, -0.15) is 0 Å². The molecule has 3 aliphatic rings. The molecular formula is C12H21N3O3. The minimum absolute atomic E-state index is 0.166. The molecule has 0 spiro atoms. The van der Waals surface area contributed by atoms with Gasteiger partial charge in [0.15, 0.2) is 0 Å². The second-order valence-corrected chi connectivity index (χ2v) is 5.16. The van der Waals surface area contributed by atoms with E-state index in [1.165, 1.54) is 0 Å². The molecule has 0 aliphatic carbocycles. The van der Waals surface area contributed by atoms with E-state index in [0.717, 1.165) is 32.5 Å². The molecule has 1 unspecified atom stereocenters. The van der Waals surface area contributed by atoms with Gasteiger partial charge in [0, 0.05) is 12.6 Å². The number of carboxylic acid groups (broad SMARTS) is 1. The lowest BCUT2D eigenvalue weighted by Crippen LogP contribution is -2.59.